The zero-order valence-corrected chi connectivity index (χ0v) is 12.1. The third kappa shape index (κ3) is 5.73. The molecule has 3 N–H and O–H groups in total. The number of halogens is 1. The zero-order valence-electron chi connectivity index (χ0n) is 11.3. The van der Waals surface area contributed by atoms with Crippen LogP contribution in [-0.4, -0.2) is 18.5 Å². The molecule has 3 nitrogen and oxygen atoms in total. The summed E-state index contributed by atoms with van der Waals surface area (Å²) in [7, 11) is 0. The van der Waals surface area contributed by atoms with Crippen molar-refractivity contribution in [1.82, 2.24) is 5.32 Å². The molecule has 1 aliphatic carbocycles. The van der Waals surface area contributed by atoms with Crippen molar-refractivity contribution in [1.29, 1.82) is 0 Å². The Morgan fingerprint density at radius 3 is 2.41 bits per heavy atom. The molecule has 0 radical (unpaired) electrons. The van der Waals surface area contributed by atoms with E-state index < -0.39 is 0 Å². The van der Waals surface area contributed by atoms with Crippen LogP contribution in [0.15, 0.2) is 0 Å². The van der Waals surface area contributed by atoms with Crippen molar-refractivity contribution in [3.63, 3.8) is 0 Å². The van der Waals surface area contributed by atoms with Crippen LogP contribution in [0.1, 0.15) is 52.9 Å². The van der Waals surface area contributed by atoms with Crippen LogP contribution in [0.3, 0.4) is 0 Å². The lowest BCUT2D eigenvalue weighted by Gasteiger charge is -2.18. The highest BCUT2D eigenvalue weighted by Crippen LogP contribution is 2.48. The Labute approximate surface area is 111 Å². The first-order valence-electron chi connectivity index (χ1n) is 6.52. The van der Waals surface area contributed by atoms with Gasteiger partial charge >= 0.3 is 0 Å². The Hall–Kier alpha value is -0.280. The maximum atomic E-state index is 11.7. The van der Waals surface area contributed by atoms with E-state index in [0.717, 1.165) is 13.0 Å². The molecule has 4 heteroatoms. The minimum atomic E-state index is -0.336. The van der Waals surface area contributed by atoms with Gasteiger partial charge in [-0.05, 0) is 37.0 Å². The van der Waals surface area contributed by atoms with Crippen LogP contribution in [0.2, 0.25) is 0 Å². The fraction of sp³-hybridized carbons (Fsp3) is 0.923. The van der Waals surface area contributed by atoms with Gasteiger partial charge in [-0.25, -0.2) is 0 Å². The second-order valence-corrected chi connectivity index (χ2v) is 5.70. The molecule has 102 valence electrons. The highest BCUT2D eigenvalue weighted by molar-refractivity contribution is 5.85. The Kier molecular flexibility index (Phi) is 7.10. The van der Waals surface area contributed by atoms with Crippen molar-refractivity contribution in [3.8, 4) is 0 Å². The molecule has 1 aliphatic rings. The average molecular weight is 263 g/mol. The van der Waals surface area contributed by atoms with Crippen molar-refractivity contribution >= 4 is 18.3 Å². The summed E-state index contributed by atoms with van der Waals surface area (Å²) in [5.74, 6) is 0.502. The summed E-state index contributed by atoms with van der Waals surface area (Å²) >= 11 is 0. The van der Waals surface area contributed by atoms with Crippen molar-refractivity contribution in [2.45, 2.75) is 58.9 Å². The molecule has 1 fully saturated rings. The second-order valence-electron chi connectivity index (χ2n) is 5.70. The summed E-state index contributed by atoms with van der Waals surface area (Å²) in [6, 6.07) is -0.336. The molecular formula is C13H27ClN2O. The smallest absolute Gasteiger partial charge is 0.236 e. The van der Waals surface area contributed by atoms with Gasteiger partial charge in [0.05, 0.1) is 6.04 Å². The molecule has 0 unspecified atom stereocenters. The molecule has 1 atom stereocenters. The van der Waals surface area contributed by atoms with E-state index in [2.05, 4.69) is 26.1 Å². The fourth-order valence-electron chi connectivity index (χ4n) is 2.24. The molecule has 0 saturated heterocycles. The van der Waals surface area contributed by atoms with Crippen LogP contribution in [0.25, 0.3) is 0 Å². The van der Waals surface area contributed by atoms with Gasteiger partial charge in [0.15, 0.2) is 0 Å². The molecule has 1 amide bonds. The maximum absolute atomic E-state index is 11.7. The predicted octanol–water partition coefficient (Wildman–Crippen LogP) is 2.48. The lowest BCUT2D eigenvalue weighted by molar-refractivity contribution is -0.123. The molecule has 0 aromatic rings. The average Bonchev–Trinajstić information content (AvgIpc) is 2.94. The molecule has 0 bridgehead atoms. The topological polar surface area (TPSA) is 55.1 Å². The summed E-state index contributed by atoms with van der Waals surface area (Å²) in [4.78, 5) is 11.7. The van der Waals surface area contributed by atoms with Gasteiger partial charge in [-0.3, -0.25) is 4.79 Å². The van der Waals surface area contributed by atoms with Crippen LogP contribution in [0, 0.1) is 11.3 Å². The number of amides is 1. The normalized spacial score (nSPS) is 18.4. The van der Waals surface area contributed by atoms with Crippen LogP contribution in [0.4, 0.5) is 0 Å². The minimum absolute atomic E-state index is 0. The molecule has 1 rings (SSSR count). The molecule has 0 heterocycles. The van der Waals surface area contributed by atoms with Crippen molar-refractivity contribution < 1.29 is 4.79 Å². The van der Waals surface area contributed by atoms with Crippen LogP contribution in [-0.2, 0) is 4.79 Å². The number of carbonyl (C=O) groups excluding carboxylic acids is 1. The molecule has 17 heavy (non-hydrogen) atoms. The predicted molar refractivity (Wildman–Crippen MR) is 74.3 cm³/mol. The molecule has 1 saturated carbocycles. The molecule has 0 aromatic carbocycles. The lowest BCUT2D eigenvalue weighted by atomic mass is 10.00. The van der Waals surface area contributed by atoms with E-state index >= 15 is 0 Å². The minimum Gasteiger partial charge on any atom is -0.354 e. The Morgan fingerprint density at radius 2 is 2.00 bits per heavy atom. The van der Waals surface area contributed by atoms with E-state index in [0.29, 0.717) is 11.3 Å². The molecule has 0 spiro atoms. The summed E-state index contributed by atoms with van der Waals surface area (Å²) in [5, 5.41) is 3.01. The number of carbonyl (C=O) groups is 1. The summed E-state index contributed by atoms with van der Waals surface area (Å²) < 4.78 is 0. The Balaban J connectivity index is 0.00000256. The SMILES string of the molecule is CCCC1(CNC(=O)[C@@H](N)CC(C)C)CC1.Cl. The number of nitrogens with one attached hydrogen (secondary N) is 1. The van der Waals surface area contributed by atoms with E-state index in [-0.39, 0.29) is 24.4 Å². The maximum Gasteiger partial charge on any atom is 0.236 e. The van der Waals surface area contributed by atoms with Crippen molar-refractivity contribution in [2.75, 3.05) is 6.54 Å². The standard InChI is InChI=1S/C13H26N2O.ClH/c1-4-5-13(6-7-13)9-15-12(16)11(14)8-10(2)3;/h10-11H,4-9,14H2,1-3H3,(H,15,16);1H/t11-;/m0./s1. The first kappa shape index (κ1) is 16.7. The van der Waals surface area contributed by atoms with E-state index in [1.807, 2.05) is 0 Å². The second kappa shape index (κ2) is 7.22. The molecular weight excluding hydrogens is 236 g/mol. The third-order valence-electron chi connectivity index (χ3n) is 3.44. The molecule has 0 aromatic heterocycles. The zero-order chi connectivity index (χ0) is 12.2. The summed E-state index contributed by atoms with van der Waals surface area (Å²) in [5.41, 5.74) is 6.25. The van der Waals surface area contributed by atoms with Gasteiger partial charge < -0.3 is 11.1 Å². The number of rotatable bonds is 7. The number of nitrogens with two attached hydrogens (primary N) is 1. The quantitative estimate of drug-likeness (QED) is 0.741. The highest BCUT2D eigenvalue weighted by Gasteiger charge is 2.41. The van der Waals surface area contributed by atoms with Gasteiger partial charge in [-0.2, -0.15) is 0 Å². The van der Waals surface area contributed by atoms with Gasteiger partial charge in [0.25, 0.3) is 0 Å². The van der Waals surface area contributed by atoms with Crippen molar-refractivity contribution in [3.05, 3.63) is 0 Å². The Morgan fingerprint density at radius 1 is 1.41 bits per heavy atom. The van der Waals surface area contributed by atoms with Crippen molar-refractivity contribution in [2.24, 2.45) is 17.1 Å². The van der Waals surface area contributed by atoms with E-state index in [1.165, 1.54) is 25.7 Å². The van der Waals surface area contributed by atoms with Gasteiger partial charge in [0.2, 0.25) is 5.91 Å². The fourth-order valence-corrected chi connectivity index (χ4v) is 2.24. The number of hydrogen-bond acceptors (Lipinski definition) is 2. The van der Waals surface area contributed by atoms with E-state index in [9.17, 15) is 4.79 Å². The van der Waals surface area contributed by atoms with Crippen LogP contribution < -0.4 is 11.1 Å². The van der Waals surface area contributed by atoms with Gasteiger partial charge in [0, 0.05) is 6.54 Å². The number of hydrogen-bond donors (Lipinski definition) is 2. The first-order valence-corrected chi connectivity index (χ1v) is 6.52. The monoisotopic (exact) mass is 262 g/mol. The first-order chi connectivity index (χ1) is 7.49. The van der Waals surface area contributed by atoms with Gasteiger partial charge in [0.1, 0.15) is 0 Å². The van der Waals surface area contributed by atoms with Crippen LogP contribution in [0.5, 0.6) is 0 Å². The highest BCUT2D eigenvalue weighted by atomic mass is 35.5. The largest absolute Gasteiger partial charge is 0.354 e. The summed E-state index contributed by atoms with van der Waals surface area (Å²) in [6.45, 7) is 7.21. The van der Waals surface area contributed by atoms with Crippen LogP contribution >= 0.6 is 12.4 Å². The third-order valence-corrected chi connectivity index (χ3v) is 3.44. The molecule has 0 aliphatic heterocycles. The van der Waals surface area contributed by atoms with E-state index in [4.69, 9.17) is 5.73 Å². The Bertz CT molecular complexity index is 240. The summed E-state index contributed by atoms with van der Waals surface area (Å²) in [6.07, 6.45) is 5.73. The lowest BCUT2D eigenvalue weighted by Crippen LogP contribution is -2.43. The van der Waals surface area contributed by atoms with E-state index in [1.54, 1.807) is 0 Å². The van der Waals surface area contributed by atoms with Gasteiger partial charge in [-0.1, -0.05) is 27.2 Å². The van der Waals surface area contributed by atoms with Gasteiger partial charge in [-0.15, -0.1) is 12.4 Å².